The van der Waals surface area contributed by atoms with Crippen molar-refractivity contribution in [3.63, 3.8) is 0 Å². The third-order valence-corrected chi connectivity index (χ3v) is 5.29. The first kappa shape index (κ1) is 16.0. The summed E-state index contributed by atoms with van der Waals surface area (Å²) < 4.78 is 27.4. The fourth-order valence-corrected chi connectivity index (χ4v) is 3.95. The van der Waals surface area contributed by atoms with Crippen LogP contribution in [0.25, 0.3) is 0 Å². The highest BCUT2D eigenvalue weighted by Crippen LogP contribution is 2.16. The molecule has 6 heteroatoms. The van der Waals surface area contributed by atoms with E-state index >= 15 is 0 Å². The highest BCUT2D eigenvalue weighted by molar-refractivity contribution is 7.89. The van der Waals surface area contributed by atoms with Crippen LogP contribution in [-0.2, 0) is 14.8 Å². The summed E-state index contributed by atoms with van der Waals surface area (Å²) in [6.45, 7) is 4.95. The van der Waals surface area contributed by atoms with E-state index in [-0.39, 0.29) is 11.9 Å². The maximum atomic E-state index is 12.3. The highest BCUT2D eigenvalue weighted by Gasteiger charge is 2.26. The molecule has 1 aromatic carbocycles. The molecule has 5 nitrogen and oxygen atoms in total. The summed E-state index contributed by atoms with van der Waals surface area (Å²) >= 11 is 0. The lowest BCUT2D eigenvalue weighted by atomic mass is 10.1. The van der Waals surface area contributed by atoms with Gasteiger partial charge in [0.15, 0.2) is 0 Å². The van der Waals surface area contributed by atoms with Crippen molar-refractivity contribution in [3.05, 3.63) is 29.8 Å². The monoisotopic (exact) mass is 310 g/mol. The van der Waals surface area contributed by atoms with E-state index in [4.69, 9.17) is 0 Å². The fraction of sp³-hybridized carbons (Fsp3) is 0.533. The number of likely N-dealkylation sites (tertiary alicyclic amines) is 1. The van der Waals surface area contributed by atoms with Gasteiger partial charge in [0.05, 0.1) is 4.90 Å². The number of sulfonamides is 1. The second-order valence-corrected chi connectivity index (χ2v) is 7.16. The summed E-state index contributed by atoms with van der Waals surface area (Å²) in [4.78, 5) is 13.7. The Labute approximate surface area is 126 Å². The smallest absolute Gasteiger partial charge is 0.240 e. The minimum atomic E-state index is -3.48. The van der Waals surface area contributed by atoms with Crippen molar-refractivity contribution in [1.82, 2.24) is 9.62 Å². The Morgan fingerprint density at radius 2 is 2.00 bits per heavy atom. The Morgan fingerprint density at radius 3 is 2.57 bits per heavy atom. The van der Waals surface area contributed by atoms with Gasteiger partial charge in [-0.05, 0) is 37.5 Å². The predicted octanol–water partition coefficient (Wildman–Crippen LogP) is 1.67. The fourth-order valence-electron chi connectivity index (χ4n) is 2.54. The zero-order chi connectivity index (χ0) is 15.5. The molecule has 1 aromatic rings. The Bertz CT molecular complexity index is 605. The molecule has 0 unspecified atom stereocenters. The molecule has 1 fully saturated rings. The second kappa shape index (κ2) is 6.58. The van der Waals surface area contributed by atoms with E-state index in [1.54, 1.807) is 23.1 Å². The molecule has 1 aliphatic rings. The number of carbonyl (C=O) groups is 1. The van der Waals surface area contributed by atoms with Crippen LogP contribution in [-0.4, -0.2) is 38.4 Å². The molecule has 1 amide bonds. The van der Waals surface area contributed by atoms with Crippen molar-refractivity contribution in [2.45, 2.75) is 44.0 Å². The molecule has 0 aliphatic carbocycles. The summed E-state index contributed by atoms with van der Waals surface area (Å²) in [6.07, 6.45) is 1.83. The number of rotatable bonds is 4. The summed E-state index contributed by atoms with van der Waals surface area (Å²) in [6, 6.07) is 6.78. The molecule has 21 heavy (non-hydrogen) atoms. The van der Waals surface area contributed by atoms with Gasteiger partial charge in [0.25, 0.3) is 0 Å². The number of aryl methyl sites for hydroxylation is 1. The molecule has 116 valence electrons. The van der Waals surface area contributed by atoms with Crippen molar-refractivity contribution in [2.75, 3.05) is 13.1 Å². The molecule has 0 radical (unpaired) electrons. The van der Waals surface area contributed by atoms with E-state index in [0.29, 0.717) is 37.2 Å². The number of nitrogens with one attached hydrogen (secondary N) is 1. The van der Waals surface area contributed by atoms with Gasteiger partial charge in [-0.2, -0.15) is 0 Å². The van der Waals surface area contributed by atoms with E-state index < -0.39 is 10.0 Å². The van der Waals surface area contributed by atoms with Gasteiger partial charge in [0, 0.05) is 25.6 Å². The minimum absolute atomic E-state index is 0.101. The number of amides is 1. The molecule has 1 aliphatic heterocycles. The molecule has 1 saturated heterocycles. The third-order valence-electron chi connectivity index (χ3n) is 3.77. The number of hydrogen-bond acceptors (Lipinski definition) is 3. The van der Waals surface area contributed by atoms with Crippen LogP contribution >= 0.6 is 0 Å². The van der Waals surface area contributed by atoms with Crippen molar-refractivity contribution in [3.8, 4) is 0 Å². The molecule has 0 spiro atoms. The first-order valence-electron chi connectivity index (χ1n) is 7.29. The summed E-state index contributed by atoms with van der Waals surface area (Å²) in [5, 5.41) is 0. The first-order chi connectivity index (χ1) is 9.92. The average Bonchev–Trinajstić information content (AvgIpc) is 2.47. The summed E-state index contributed by atoms with van der Waals surface area (Å²) in [5.41, 5.74) is 0.918. The third kappa shape index (κ3) is 4.04. The molecule has 0 aromatic heterocycles. The zero-order valence-corrected chi connectivity index (χ0v) is 13.3. The summed E-state index contributed by atoms with van der Waals surface area (Å²) in [5.74, 6) is 0.134. The standard InChI is InChI=1S/C15H22N2O3S/c1-3-15(18)17-9-7-13(8-10-17)16-21(19,20)14-6-4-5-12(2)11-14/h4-6,11,13,16H,3,7-10H2,1-2H3. The van der Waals surface area contributed by atoms with Crippen LogP contribution in [0.15, 0.2) is 29.2 Å². The van der Waals surface area contributed by atoms with Crippen molar-refractivity contribution in [1.29, 1.82) is 0 Å². The van der Waals surface area contributed by atoms with Gasteiger partial charge in [0.1, 0.15) is 0 Å². The maximum Gasteiger partial charge on any atom is 0.240 e. The Morgan fingerprint density at radius 1 is 1.33 bits per heavy atom. The van der Waals surface area contributed by atoms with Crippen molar-refractivity contribution in [2.24, 2.45) is 0 Å². The molecule has 0 saturated carbocycles. The zero-order valence-electron chi connectivity index (χ0n) is 12.5. The van der Waals surface area contributed by atoms with Crippen LogP contribution in [0.1, 0.15) is 31.7 Å². The molecule has 0 bridgehead atoms. The number of carbonyl (C=O) groups excluding carboxylic acids is 1. The van der Waals surface area contributed by atoms with E-state index in [2.05, 4.69) is 4.72 Å². The maximum absolute atomic E-state index is 12.3. The Balaban J connectivity index is 1.98. The van der Waals surface area contributed by atoms with Crippen molar-refractivity contribution < 1.29 is 13.2 Å². The number of benzene rings is 1. The van der Waals surface area contributed by atoms with Crippen LogP contribution in [0.5, 0.6) is 0 Å². The molecular formula is C15H22N2O3S. The Hall–Kier alpha value is -1.40. The van der Waals surface area contributed by atoms with Crippen LogP contribution in [0.4, 0.5) is 0 Å². The largest absolute Gasteiger partial charge is 0.343 e. The summed E-state index contributed by atoms with van der Waals surface area (Å²) in [7, 11) is -3.48. The van der Waals surface area contributed by atoms with Gasteiger partial charge < -0.3 is 4.90 Å². The second-order valence-electron chi connectivity index (χ2n) is 5.45. The molecule has 1 N–H and O–H groups in total. The van der Waals surface area contributed by atoms with E-state index in [0.717, 1.165) is 5.56 Å². The van der Waals surface area contributed by atoms with E-state index in [1.807, 2.05) is 19.9 Å². The Kier molecular flexibility index (Phi) is 5.00. The highest BCUT2D eigenvalue weighted by atomic mass is 32.2. The van der Waals surface area contributed by atoms with Crippen LogP contribution in [0, 0.1) is 6.92 Å². The van der Waals surface area contributed by atoms with E-state index in [9.17, 15) is 13.2 Å². The van der Waals surface area contributed by atoms with Gasteiger partial charge in [-0.1, -0.05) is 19.1 Å². The molecule has 0 atom stereocenters. The quantitative estimate of drug-likeness (QED) is 0.920. The van der Waals surface area contributed by atoms with Gasteiger partial charge in [-0.15, -0.1) is 0 Å². The number of nitrogens with zero attached hydrogens (tertiary/aromatic N) is 1. The predicted molar refractivity (Wildman–Crippen MR) is 81.4 cm³/mol. The van der Waals surface area contributed by atoms with Gasteiger partial charge in [0.2, 0.25) is 15.9 Å². The van der Waals surface area contributed by atoms with Crippen molar-refractivity contribution >= 4 is 15.9 Å². The number of piperidine rings is 1. The average molecular weight is 310 g/mol. The lowest BCUT2D eigenvalue weighted by molar-refractivity contribution is -0.131. The normalized spacial score (nSPS) is 17.0. The van der Waals surface area contributed by atoms with Crippen LogP contribution in [0.3, 0.4) is 0 Å². The lowest BCUT2D eigenvalue weighted by Crippen LogP contribution is -2.46. The first-order valence-corrected chi connectivity index (χ1v) is 8.77. The topological polar surface area (TPSA) is 66.5 Å². The molecule has 2 rings (SSSR count). The van der Waals surface area contributed by atoms with Crippen LogP contribution in [0.2, 0.25) is 0 Å². The van der Waals surface area contributed by atoms with Gasteiger partial charge in [-0.3, -0.25) is 4.79 Å². The molecule has 1 heterocycles. The van der Waals surface area contributed by atoms with Gasteiger partial charge >= 0.3 is 0 Å². The lowest BCUT2D eigenvalue weighted by Gasteiger charge is -2.32. The number of hydrogen-bond donors (Lipinski definition) is 1. The van der Waals surface area contributed by atoms with Crippen LogP contribution < -0.4 is 4.72 Å². The minimum Gasteiger partial charge on any atom is -0.343 e. The molecular weight excluding hydrogens is 288 g/mol. The van der Waals surface area contributed by atoms with Gasteiger partial charge in [-0.25, -0.2) is 13.1 Å². The van der Waals surface area contributed by atoms with E-state index in [1.165, 1.54) is 0 Å². The SMILES string of the molecule is CCC(=O)N1CCC(NS(=O)(=O)c2cccc(C)c2)CC1.